The van der Waals surface area contributed by atoms with Crippen molar-refractivity contribution in [3.63, 3.8) is 0 Å². The van der Waals surface area contributed by atoms with Crippen LogP contribution in [-0.4, -0.2) is 17.9 Å². The molecular weight excluding hydrogens is 309 g/mol. The molecule has 126 valence electrons. The van der Waals surface area contributed by atoms with E-state index >= 15 is 0 Å². The Bertz CT molecular complexity index is 762. The van der Waals surface area contributed by atoms with Crippen molar-refractivity contribution in [3.05, 3.63) is 53.8 Å². The average molecular weight is 329 g/mol. The quantitative estimate of drug-likeness (QED) is 0.786. The largest absolute Gasteiger partial charge is 0.374 e. The summed E-state index contributed by atoms with van der Waals surface area (Å²) in [5.41, 5.74) is 2.77. The summed E-state index contributed by atoms with van der Waals surface area (Å²) in [7, 11) is 0. The molecule has 0 fully saturated rings. The minimum absolute atomic E-state index is 0.137. The number of carbonyl (C=O) groups is 2. The normalized spacial score (nSPS) is 11.5. The molecule has 6 heteroatoms. The van der Waals surface area contributed by atoms with Crippen LogP contribution in [0.15, 0.2) is 42.5 Å². The van der Waals surface area contributed by atoms with Crippen molar-refractivity contribution in [1.82, 2.24) is 0 Å². The first kappa shape index (κ1) is 17.5. The lowest BCUT2D eigenvalue weighted by molar-refractivity contribution is -0.116. The third kappa shape index (κ3) is 4.81. The molecule has 0 aromatic heterocycles. The van der Waals surface area contributed by atoms with Crippen LogP contribution in [-0.2, 0) is 9.59 Å². The van der Waals surface area contributed by atoms with Crippen LogP contribution in [0, 0.1) is 12.7 Å². The second kappa shape index (κ2) is 7.59. The van der Waals surface area contributed by atoms with E-state index in [1.54, 1.807) is 25.1 Å². The molecule has 0 bridgehead atoms. The number of carbonyl (C=O) groups excluding carboxylic acids is 2. The predicted octanol–water partition coefficient (Wildman–Crippen LogP) is 3.53. The van der Waals surface area contributed by atoms with Gasteiger partial charge in [0.1, 0.15) is 11.9 Å². The number of hydrogen-bond donors (Lipinski definition) is 3. The minimum atomic E-state index is -0.515. The Morgan fingerprint density at radius 2 is 1.79 bits per heavy atom. The molecule has 2 amide bonds. The van der Waals surface area contributed by atoms with E-state index in [0.717, 1.165) is 16.9 Å². The molecule has 0 radical (unpaired) electrons. The first-order valence-electron chi connectivity index (χ1n) is 7.56. The number of nitrogens with one attached hydrogen (secondary N) is 3. The van der Waals surface area contributed by atoms with E-state index in [1.807, 2.05) is 13.0 Å². The predicted molar refractivity (Wildman–Crippen MR) is 93.6 cm³/mol. The lowest BCUT2D eigenvalue weighted by atomic mass is 10.1. The van der Waals surface area contributed by atoms with Crippen LogP contribution in [0.1, 0.15) is 19.4 Å². The van der Waals surface area contributed by atoms with Gasteiger partial charge >= 0.3 is 0 Å². The molecule has 0 saturated carbocycles. The zero-order valence-electron chi connectivity index (χ0n) is 13.8. The summed E-state index contributed by atoms with van der Waals surface area (Å²) in [6.45, 7) is 5.03. The van der Waals surface area contributed by atoms with E-state index < -0.39 is 11.9 Å². The van der Waals surface area contributed by atoms with Gasteiger partial charge in [0, 0.05) is 24.0 Å². The summed E-state index contributed by atoms with van der Waals surface area (Å²) in [5, 5.41) is 8.47. The Morgan fingerprint density at radius 1 is 1.04 bits per heavy atom. The van der Waals surface area contributed by atoms with Gasteiger partial charge in [0.2, 0.25) is 11.8 Å². The Kier molecular flexibility index (Phi) is 5.52. The van der Waals surface area contributed by atoms with Crippen molar-refractivity contribution in [2.24, 2.45) is 0 Å². The molecule has 2 aromatic rings. The van der Waals surface area contributed by atoms with E-state index in [9.17, 15) is 14.0 Å². The van der Waals surface area contributed by atoms with Crippen molar-refractivity contribution < 1.29 is 14.0 Å². The highest BCUT2D eigenvalue weighted by Crippen LogP contribution is 2.20. The van der Waals surface area contributed by atoms with Crippen LogP contribution in [0.4, 0.5) is 21.5 Å². The smallest absolute Gasteiger partial charge is 0.246 e. The highest BCUT2D eigenvalue weighted by atomic mass is 19.1. The number of halogens is 1. The summed E-state index contributed by atoms with van der Waals surface area (Å²) < 4.78 is 13.1. The Hall–Kier alpha value is -2.89. The number of benzene rings is 2. The van der Waals surface area contributed by atoms with Crippen LogP contribution < -0.4 is 16.0 Å². The third-order valence-corrected chi connectivity index (χ3v) is 3.41. The number of amides is 2. The zero-order chi connectivity index (χ0) is 17.7. The van der Waals surface area contributed by atoms with Crippen molar-refractivity contribution in [1.29, 1.82) is 0 Å². The van der Waals surface area contributed by atoms with Crippen molar-refractivity contribution in [3.8, 4) is 0 Å². The fourth-order valence-electron chi connectivity index (χ4n) is 2.22. The first-order chi connectivity index (χ1) is 11.3. The van der Waals surface area contributed by atoms with Crippen LogP contribution in [0.2, 0.25) is 0 Å². The Labute approximate surface area is 140 Å². The lowest BCUT2D eigenvalue weighted by Crippen LogP contribution is -2.31. The fourth-order valence-corrected chi connectivity index (χ4v) is 2.22. The molecule has 0 aliphatic rings. The molecule has 0 heterocycles. The summed E-state index contributed by atoms with van der Waals surface area (Å²) >= 11 is 0. The van der Waals surface area contributed by atoms with Gasteiger partial charge in [-0.3, -0.25) is 9.59 Å². The van der Waals surface area contributed by atoms with Crippen LogP contribution in [0.3, 0.4) is 0 Å². The van der Waals surface area contributed by atoms with Crippen molar-refractivity contribution in [2.45, 2.75) is 26.8 Å². The zero-order valence-corrected chi connectivity index (χ0v) is 13.8. The molecule has 2 aromatic carbocycles. The average Bonchev–Trinajstić information content (AvgIpc) is 2.49. The maximum Gasteiger partial charge on any atom is 0.246 e. The van der Waals surface area contributed by atoms with E-state index in [0.29, 0.717) is 5.69 Å². The number of aryl methyl sites for hydroxylation is 1. The molecule has 1 unspecified atom stereocenters. The van der Waals surface area contributed by atoms with E-state index in [4.69, 9.17) is 0 Å². The molecule has 0 aliphatic heterocycles. The first-order valence-corrected chi connectivity index (χ1v) is 7.56. The van der Waals surface area contributed by atoms with Gasteiger partial charge in [-0.15, -0.1) is 0 Å². The van der Waals surface area contributed by atoms with E-state index in [1.165, 1.54) is 25.1 Å². The number of rotatable bonds is 5. The maximum absolute atomic E-state index is 13.1. The molecule has 24 heavy (non-hydrogen) atoms. The summed E-state index contributed by atoms with van der Waals surface area (Å²) in [4.78, 5) is 23.3. The summed E-state index contributed by atoms with van der Waals surface area (Å²) in [5.74, 6) is -0.816. The third-order valence-electron chi connectivity index (χ3n) is 3.41. The highest BCUT2D eigenvalue weighted by molar-refractivity contribution is 5.96. The second-order valence-electron chi connectivity index (χ2n) is 5.58. The van der Waals surface area contributed by atoms with Gasteiger partial charge in [-0.25, -0.2) is 4.39 Å². The SMILES string of the molecule is CC(=O)Nc1ccc(NC(C)C(=O)Nc2cccc(F)c2)cc1C. The van der Waals surface area contributed by atoms with Gasteiger partial charge < -0.3 is 16.0 Å². The van der Waals surface area contributed by atoms with E-state index in [-0.39, 0.29) is 11.8 Å². The molecule has 0 aliphatic carbocycles. The van der Waals surface area contributed by atoms with Crippen LogP contribution in [0.5, 0.6) is 0 Å². The van der Waals surface area contributed by atoms with Crippen molar-refractivity contribution >= 4 is 28.9 Å². The molecule has 0 saturated heterocycles. The molecule has 5 nitrogen and oxygen atoms in total. The van der Waals surface area contributed by atoms with Gasteiger partial charge in [-0.2, -0.15) is 0 Å². The second-order valence-corrected chi connectivity index (χ2v) is 5.58. The topological polar surface area (TPSA) is 70.2 Å². The highest BCUT2D eigenvalue weighted by Gasteiger charge is 2.13. The van der Waals surface area contributed by atoms with E-state index in [2.05, 4.69) is 16.0 Å². The molecular formula is C18H20FN3O2. The molecule has 2 rings (SSSR count). The summed E-state index contributed by atoms with van der Waals surface area (Å²) in [6, 6.07) is 10.6. The van der Waals surface area contributed by atoms with Gasteiger partial charge in [0.05, 0.1) is 0 Å². The summed E-state index contributed by atoms with van der Waals surface area (Å²) in [6.07, 6.45) is 0. The number of hydrogen-bond acceptors (Lipinski definition) is 3. The van der Waals surface area contributed by atoms with Gasteiger partial charge in [-0.1, -0.05) is 6.07 Å². The van der Waals surface area contributed by atoms with Gasteiger partial charge in [0.15, 0.2) is 0 Å². The van der Waals surface area contributed by atoms with Crippen molar-refractivity contribution in [2.75, 3.05) is 16.0 Å². The van der Waals surface area contributed by atoms with Gasteiger partial charge in [-0.05, 0) is 55.8 Å². The van der Waals surface area contributed by atoms with Crippen LogP contribution in [0.25, 0.3) is 0 Å². The fraction of sp³-hybridized carbons (Fsp3) is 0.222. The minimum Gasteiger partial charge on any atom is -0.374 e. The standard InChI is InChI=1S/C18H20FN3O2/c1-11-9-16(7-8-17(11)21-13(3)23)20-12(2)18(24)22-15-6-4-5-14(19)10-15/h4-10,12,20H,1-3H3,(H,21,23)(H,22,24). The van der Waals surface area contributed by atoms with Crippen LogP contribution >= 0.6 is 0 Å². The molecule has 0 spiro atoms. The number of anilines is 3. The lowest BCUT2D eigenvalue weighted by Gasteiger charge is -2.17. The molecule has 1 atom stereocenters. The Balaban J connectivity index is 2.00. The maximum atomic E-state index is 13.1. The Morgan fingerprint density at radius 3 is 2.42 bits per heavy atom. The van der Waals surface area contributed by atoms with Gasteiger partial charge in [0.25, 0.3) is 0 Å². The monoisotopic (exact) mass is 329 g/mol. The molecule has 3 N–H and O–H groups in total.